The summed E-state index contributed by atoms with van der Waals surface area (Å²) in [4.78, 5) is 2.41. The van der Waals surface area contributed by atoms with Gasteiger partial charge in [0.15, 0.2) is 0 Å². The molecule has 0 amide bonds. The van der Waals surface area contributed by atoms with Crippen LogP contribution in [0.5, 0.6) is 0 Å². The first-order valence-corrected chi connectivity index (χ1v) is 7.76. The summed E-state index contributed by atoms with van der Waals surface area (Å²) in [6.07, 6.45) is 2.06. The number of rotatable bonds is 3. The summed E-state index contributed by atoms with van der Waals surface area (Å²) in [5.41, 5.74) is 2.30. The summed E-state index contributed by atoms with van der Waals surface area (Å²) in [7, 11) is 0. The van der Waals surface area contributed by atoms with Gasteiger partial charge in [0.25, 0.3) is 0 Å². The number of hydrogen-bond donors (Lipinski definition) is 1. The van der Waals surface area contributed by atoms with Crippen LogP contribution in [0.4, 0.5) is 0 Å². The van der Waals surface area contributed by atoms with Gasteiger partial charge < -0.3 is 5.11 Å². The maximum Gasteiger partial charge on any atom is 0.0968 e. The summed E-state index contributed by atoms with van der Waals surface area (Å²) in [6.45, 7) is 13.2. The van der Waals surface area contributed by atoms with Gasteiger partial charge in [-0.25, -0.2) is 0 Å². The van der Waals surface area contributed by atoms with Crippen LogP contribution in [-0.4, -0.2) is 28.6 Å². The van der Waals surface area contributed by atoms with Crippen molar-refractivity contribution in [3.05, 3.63) is 35.4 Å². The molecule has 0 aromatic heterocycles. The fourth-order valence-electron chi connectivity index (χ4n) is 3.04. The highest BCUT2D eigenvalue weighted by Crippen LogP contribution is 2.34. The lowest BCUT2D eigenvalue weighted by atomic mass is 9.84. The van der Waals surface area contributed by atoms with Crippen LogP contribution in [0.25, 0.3) is 0 Å². The number of aliphatic hydroxyl groups excluding tert-OH is 1. The van der Waals surface area contributed by atoms with Gasteiger partial charge in [-0.15, -0.1) is 0 Å². The van der Waals surface area contributed by atoms with Crippen molar-refractivity contribution >= 4 is 0 Å². The van der Waals surface area contributed by atoms with Gasteiger partial charge in [-0.1, -0.05) is 45.0 Å². The molecule has 1 fully saturated rings. The molecule has 1 unspecified atom stereocenters. The average Bonchev–Trinajstić information content (AvgIpc) is 2.91. The second-order valence-corrected chi connectivity index (χ2v) is 7.62. The molecule has 1 aromatic carbocycles. The van der Waals surface area contributed by atoms with E-state index in [1.54, 1.807) is 0 Å². The second-order valence-electron chi connectivity index (χ2n) is 7.62. The van der Waals surface area contributed by atoms with Gasteiger partial charge in [0.1, 0.15) is 0 Å². The summed E-state index contributed by atoms with van der Waals surface area (Å²) >= 11 is 0. The van der Waals surface area contributed by atoms with Crippen LogP contribution in [0, 0.1) is 0 Å². The number of aliphatic hydroxyl groups is 1. The lowest BCUT2D eigenvalue weighted by Crippen LogP contribution is -2.46. The third kappa shape index (κ3) is 3.07. The molecule has 1 aliphatic heterocycles. The van der Waals surface area contributed by atoms with E-state index in [2.05, 4.69) is 63.8 Å². The Morgan fingerprint density at radius 3 is 1.90 bits per heavy atom. The number of benzene rings is 1. The Morgan fingerprint density at radius 1 is 0.950 bits per heavy atom. The molecule has 0 saturated carbocycles. The molecule has 20 heavy (non-hydrogen) atoms. The molecule has 1 saturated heterocycles. The van der Waals surface area contributed by atoms with Crippen LogP contribution in [0.1, 0.15) is 64.7 Å². The Balaban J connectivity index is 2.18. The molecule has 1 N–H and O–H groups in total. The highest BCUT2D eigenvalue weighted by atomic mass is 16.3. The van der Waals surface area contributed by atoms with E-state index in [1.807, 2.05) is 0 Å². The Kier molecular flexibility index (Phi) is 4.27. The van der Waals surface area contributed by atoms with E-state index < -0.39 is 6.10 Å². The summed E-state index contributed by atoms with van der Waals surface area (Å²) in [6, 6.07) is 8.48. The van der Waals surface area contributed by atoms with Crippen LogP contribution in [-0.2, 0) is 5.41 Å². The van der Waals surface area contributed by atoms with Gasteiger partial charge in [-0.2, -0.15) is 0 Å². The summed E-state index contributed by atoms with van der Waals surface area (Å²) < 4.78 is 0. The van der Waals surface area contributed by atoms with Crippen molar-refractivity contribution in [2.45, 2.75) is 64.5 Å². The number of nitrogens with zero attached hydrogens (tertiary/aromatic N) is 1. The van der Waals surface area contributed by atoms with Crippen LogP contribution >= 0.6 is 0 Å². The molecule has 1 atom stereocenters. The van der Waals surface area contributed by atoms with E-state index in [4.69, 9.17) is 0 Å². The SMILES string of the molecule is CC(C)(C)c1ccc(C(O)C(C)(C)N2CCCC2)cc1. The molecule has 0 bridgehead atoms. The van der Waals surface area contributed by atoms with Crippen molar-refractivity contribution in [2.75, 3.05) is 13.1 Å². The van der Waals surface area contributed by atoms with Gasteiger partial charge in [-0.05, 0) is 56.3 Å². The lowest BCUT2D eigenvalue weighted by molar-refractivity contribution is 0.00131. The molecule has 1 heterocycles. The summed E-state index contributed by atoms with van der Waals surface area (Å²) in [5.74, 6) is 0. The molecular weight excluding hydrogens is 246 g/mol. The molecule has 0 radical (unpaired) electrons. The third-order valence-corrected chi connectivity index (χ3v) is 4.68. The van der Waals surface area contributed by atoms with Crippen LogP contribution in [0.3, 0.4) is 0 Å². The maximum absolute atomic E-state index is 10.8. The van der Waals surface area contributed by atoms with Gasteiger partial charge in [-0.3, -0.25) is 4.90 Å². The van der Waals surface area contributed by atoms with Crippen molar-refractivity contribution in [3.63, 3.8) is 0 Å². The molecule has 2 rings (SSSR count). The first-order valence-electron chi connectivity index (χ1n) is 7.76. The smallest absolute Gasteiger partial charge is 0.0968 e. The van der Waals surface area contributed by atoms with Crippen molar-refractivity contribution < 1.29 is 5.11 Å². The minimum atomic E-state index is -0.436. The third-order valence-electron chi connectivity index (χ3n) is 4.68. The Hall–Kier alpha value is -0.860. The molecule has 2 nitrogen and oxygen atoms in total. The Bertz CT molecular complexity index is 435. The second kappa shape index (κ2) is 5.50. The minimum Gasteiger partial charge on any atom is -0.386 e. The Labute approximate surface area is 123 Å². The molecule has 0 spiro atoms. The van der Waals surface area contributed by atoms with Gasteiger partial charge in [0, 0.05) is 5.54 Å². The van der Waals surface area contributed by atoms with Gasteiger partial charge >= 0.3 is 0 Å². The molecular formula is C18H29NO. The predicted molar refractivity (Wildman–Crippen MR) is 85.0 cm³/mol. The van der Waals surface area contributed by atoms with Gasteiger partial charge in [0.05, 0.1) is 6.10 Å². The van der Waals surface area contributed by atoms with Crippen molar-refractivity contribution in [3.8, 4) is 0 Å². The Morgan fingerprint density at radius 2 is 1.45 bits per heavy atom. The normalized spacial score (nSPS) is 19.3. The monoisotopic (exact) mass is 275 g/mol. The zero-order chi connectivity index (χ0) is 15.0. The standard InChI is InChI=1S/C18H29NO/c1-17(2,3)15-10-8-14(9-11-15)16(20)18(4,5)19-12-6-7-13-19/h8-11,16,20H,6-7,12-13H2,1-5H3. The molecule has 0 aliphatic carbocycles. The van der Waals surface area contributed by atoms with Crippen LogP contribution < -0.4 is 0 Å². The van der Waals surface area contributed by atoms with E-state index in [0.717, 1.165) is 18.7 Å². The fraction of sp³-hybridized carbons (Fsp3) is 0.667. The van der Waals surface area contributed by atoms with E-state index >= 15 is 0 Å². The van der Waals surface area contributed by atoms with Crippen LogP contribution in [0.15, 0.2) is 24.3 Å². The van der Waals surface area contributed by atoms with Gasteiger partial charge in [0.2, 0.25) is 0 Å². The van der Waals surface area contributed by atoms with E-state index in [0.29, 0.717) is 0 Å². The van der Waals surface area contributed by atoms with Crippen molar-refractivity contribution in [1.29, 1.82) is 0 Å². The summed E-state index contributed by atoms with van der Waals surface area (Å²) in [5, 5.41) is 10.8. The number of likely N-dealkylation sites (tertiary alicyclic amines) is 1. The van der Waals surface area contributed by atoms with Crippen molar-refractivity contribution in [1.82, 2.24) is 4.90 Å². The van der Waals surface area contributed by atoms with E-state index in [9.17, 15) is 5.11 Å². The average molecular weight is 275 g/mol. The highest BCUT2D eigenvalue weighted by Gasteiger charge is 2.36. The molecule has 1 aromatic rings. The zero-order valence-electron chi connectivity index (χ0n) is 13.6. The largest absolute Gasteiger partial charge is 0.386 e. The molecule has 1 aliphatic rings. The topological polar surface area (TPSA) is 23.5 Å². The van der Waals surface area contributed by atoms with Crippen LogP contribution in [0.2, 0.25) is 0 Å². The predicted octanol–water partition coefficient (Wildman–Crippen LogP) is 3.89. The van der Waals surface area contributed by atoms with Crippen molar-refractivity contribution in [2.24, 2.45) is 0 Å². The minimum absolute atomic E-state index is 0.161. The fourth-order valence-corrected chi connectivity index (χ4v) is 3.04. The molecule has 112 valence electrons. The lowest BCUT2D eigenvalue weighted by Gasteiger charge is -2.39. The zero-order valence-corrected chi connectivity index (χ0v) is 13.6. The number of hydrogen-bond acceptors (Lipinski definition) is 2. The first kappa shape index (κ1) is 15.5. The van der Waals surface area contributed by atoms with E-state index in [-0.39, 0.29) is 11.0 Å². The quantitative estimate of drug-likeness (QED) is 0.904. The molecule has 2 heteroatoms. The first-order chi connectivity index (χ1) is 9.23. The highest BCUT2D eigenvalue weighted by molar-refractivity contribution is 5.30. The maximum atomic E-state index is 10.8. The van der Waals surface area contributed by atoms with E-state index in [1.165, 1.54) is 18.4 Å².